The maximum absolute atomic E-state index is 12.3. The van der Waals surface area contributed by atoms with Crippen LogP contribution >= 0.6 is 0 Å². The Balaban J connectivity index is 1.40. The molecule has 1 saturated carbocycles. The van der Waals surface area contributed by atoms with Crippen LogP contribution in [0.4, 0.5) is 0 Å². The van der Waals surface area contributed by atoms with E-state index in [-0.39, 0.29) is 5.92 Å². The normalized spacial score (nSPS) is 19.1. The van der Waals surface area contributed by atoms with Gasteiger partial charge in [-0.25, -0.2) is 0 Å². The van der Waals surface area contributed by atoms with Crippen molar-refractivity contribution in [3.63, 3.8) is 0 Å². The van der Waals surface area contributed by atoms with E-state index >= 15 is 0 Å². The molecule has 2 atom stereocenters. The molecular weight excluding hydrogens is 268 g/mol. The van der Waals surface area contributed by atoms with Gasteiger partial charge in [-0.1, -0.05) is 60.4 Å². The first-order chi connectivity index (χ1) is 10.8. The Hall–Kier alpha value is -2.33. The summed E-state index contributed by atoms with van der Waals surface area (Å²) in [6.45, 7) is 0. The molecule has 0 spiro atoms. The van der Waals surface area contributed by atoms with Gasteiger partial charge < -0.3 is 0 Å². The van der Waals surface area contributed by atoms with Crippen LogP contribution in [0.5, 0.6) is 0 Å². The Kier molecular flexibility index (Phi) is 4.71. The summed E-state index contributed by atoms with van der Waals surface area (Å²) in [7, 11) is 0. The fourth-order valence-electron chi connectivity index (χ4n) is 2.84. The first-order valence-electron chi connectivity index (χ1n) is 7.98. The van der Waals surface area contributed by atoms with Gasteiger partial charge in [0.15, 0.2) is 5.78 Å². The Labute approximate surface area is 132 Å². The van der Waals surface area contributed by atoms with Gasteiger partial charge in [0, 0.05) is 23.5 Å². The lowest BCUT2D eigenvalue weighted by Gasteiger charge is -1.99. The highest BCUT2D eigenvalue weighted by atomic mass is 16.1. The summed E-state index contributed by atoms with van der Waals surface area (Å²) < 4.78 is 0. The number of hydrogen-bond donors (Lipinski definition) is 0. The van der Waals surface area contributed by atoms with Crippen molar-refractivity contribution in [3.05, 3.63) is 71.8 Å². The van der Waals surface area contributed by atoms with E-state index in [0.29, 0.717) is 11.7 Å². The predicted octanol–water partition coefficient (Wildman–Crippen LogP) is 4.73. The zero-order chi connectivity index (χ0) is 15.2. The van der Waals surface area contributed by atoms with Crippen LogP contribution in [0.1, 0.15) is 41.6 Å². The molecule has 0 bridgehead atoms. The summed E-state index contributed by atoms with van der Waals surface area (Å²) in [4.78, 5) is 12.3. The Bertz CT molecular complexity index is 676. The van der Waals surface area contributed by atoms with Crippen LogP contribution < -0.4 is 0 Å². The molecule has 1 aliphatic rings. The number of carbonyl (C=O) groups excluding carboxylic acids is 1. The number of benzene rings is 2. The molecule has 1 aliphatic carbocycles. The molecule has 110 valence electrons. The minimum atomic E-state index is 0.254. The highest BCUT2D eigenvalue weighted by Crippen LogP contribution is 2.44. The lowest BCUT2D eigenvalue weighted by atomic mass is 10.0. The predicted molar refractivity (Wildman–Crippen MR) is 89.5 cm³/mol. The lowest BCUT2D eigenvalue weighted by Crippen LogP contribution is -2.03. The van der Waals surface area contributed by atoms with Crippen LogP contribution in [0.2, 0.25) is 0 Å². The van der Waals surface area contributed by atoms with Crippen molar-refractivity contribution in [2.75, 3.05) is 0 Å². The number of hydrogen-bond acceptors (Lipinski definition) is 1. The quantitative estimate of drug-likeness (QED) is 0.442. The van der Waals surface area contributed by atoms with Gasteiger partial charge in [0.05, 0.1) is 0 Å². The summed E-state index contributed by atoms with van der Waals surface area (Å²) >= 11 is 0. The largest absolute Gasteiger partial charge is 0.294 e. The monoisotopic (exact) mass is 288 g/mol. The average molecular weight is 288 g/mol. The number of rotatable bonds is 5. The molecular formula is C21H20O. The minimum absolute atomic E-state index is 0.254. The van der Waals surface area contributed by atoms with E-state index in [1.165, 1.54) is 0 Å². The molecule has 0 amide bonds. The van der Waals surface area contributed by atoms with E-state index in [0.717, 1.165) is 36.8 Å². The third-order valence-corrected chi connectivity index (χ3v) is 4.20. The van der Waals surface area contributed by atoms with Crippen LogP contribution in [-0.2, 0) is 0 Å². The van der Waals surface area contributed by atoms with Gasteiger partial charge in [0.1, 0.15) is 0 Å². The maximum Gasteiger partial charge on any atom is 0.166 e. The zero-order valence-corrected chi connectivity index (χ0v) is 12.7. The minimum Gasteiger partial charge on any atom is -0.294 e. The third kappa shape index (κ3) is 3.86. The molecule has 2 unspecified atom stereocenters. The molecule has 0 saturated heterocycles. The summed E-state index contributed by atoms with van der Waals surface area (Å²) in [5.41, 5.74) is 1.94. The highest BCUT2D eigenvalue weighted by molar-refractivity contribution is 5.99. The van der Waals surface area contributed by atoms with Crippen LogP contribution in [0.15, 0.2) is 60.7 Å². The van der Waals surface area contributed by atoms with E-state index in [2.05, 4.69) is 11.8 Å². The zero-order valence-electron chi connectivity index (χ0n) is 12.7. The number of carbonyl (C=O) groups is 1. The SMILES string of the molecule is O=C(c1ccccc1)C1CC1CCCC#Cc1ccccc1. The summed E-state index contributed by atoms with van der Waals surface area (Å²) in [5, 5.41) is 0. The van der Waals surface area contributed by atoms with Gasteiger partial charge in [0.25, 0.3) is 0 Å². The first kappa shape index (κ1) is 14.6. The molecule has 2 aromatic rings. The van der Waals surface area contributed by atoms with Crippen molar-refractivity contribution in [2.45, 2.75) is 25.7 Å². The van der Waals surface area contributed by atoms with E-state index < -0.39 is 0 Å². The van der Waals surface area contributed by atoms with E-state index in [4.69, 9.17) is 0 Å². The molecule has 1 fully saturated rings. The number of ketones is 1. The second-order valence-electron chi connectivity index (χ2n) is 5.89. The Morgan fingerprint density at radius 3 is 2.41 bits per heavy atom. The van der Waals surface area contributed by atoms with Gasteiger partial charge in [-0.15, -0.1) is 0 Å². The third-order valence-electron chi connectivity index (χ3n) is 4.20. The van der Waals surface area contributed by atoms with Crippen molar-refractivity contribution in [3.8, 4) is 11.8 Å². The maximum atomic E-state index is 12.3. The number of Topliss-reactive ketones (excluding diaryl/α,β-unsaturated/α-hetero) is 1. The second kappa shape index (κ2) is 7.09. The van der Waals surface area contributed by atoms with Crippen molar-refractivity contribution in [1.82, 2.24) is 0 Å². The Morgan fingerprint density at radius 2 is 1.68 bits per heavy atom. The fourth-order valence-corrected chi connectivity index (χ4v) is 2.84. The number of unbranched alkanes of at least 4 members (excludes halogenated alkanes) is 1. The summed E-state index contributed by atoms with van der Waals surface area (Å²) in [6.07, 6.45) is 4.17. The summed E-state index contributed by atoms with van der Waals surface area (Å²) in [5.74, 6) is 7.56. The van der Waals surface area contributed by atoms with Crippen molar-refractivity contribution < 1.29 is 4.79 Å². The molecule has 1 nitrogen and oxygen atoms in total. The first-order valence-corrected chi connectivity index (χ1v) is 7.98. The standard InChI is InChI=1S/C21H20O/c22-21(18-13-7-3-8-14-18)20-16-19(20)15-9-2-6-12-17-10-4-1-5-11-17/h1,3-5,7-8,10-11,13-14,19-20H,2,9,15-16H2. The molecule has 0 aromatic heterocycles. The van der Waals surface area contributed by atoms with E-state index in [1.807, 2.05) is 60.7 Å². The van der Waals surface area contributed by atoms with Crippen LogP contribution in [0.3, 0.4) is 0 Å². The van der Waals surface area contributed by atoms with Gasteiger partial charge in [0.2, 0.25) is 0 Å². The van der Waals surface area contributed by atoms with Crippen molar-refractivity contribution in [1.29, 1.82) is 0 Å². The van der Waals surface area contributed by atoms with Crippen LogP contribution in [0.25, 0.3) is 0 Å². The van der Waals surface area contributed by atoms with E-state index in [9.17, 15) is 4.79 Å². The van der Waals surface area contributed by atoms with Gasteiger partial charge in [-0.05, 0) is 37.3 Å². The fraction of sp³-hybridized carbons (Fsp3) is 0.286. The molecule has 0 N–H and O–H groups in total. The molecule has 0 radical (unpaired) electrons. The molecule has 22 heavy (non-hydrogen) atoms. The van der Waals surface area contributed by atoms with Crippen LogP contribution in [0, 0.1) is 23.7 Å². The average Bonchev–Trinajstić information content (AvgIpc) is 3.35. The highest BCUT2D eigenvalue weighted by Gasteiger charge is 2.42. The van der Waals surface area contributed by atoms with Gasteiger partial charge >= 0.3 is 0 Å². The lowest BCUT2D eigenvalue weighted by molar-refractivity contribution is 0.0960. The van der Waals surface area contributed by atoms with Gasteiger partial charge in [-0.2, -0.15) is 0 Å². The topological polar surface area (TPSA) is 17.1 Å². The molecule has 1 heteroatoms. The molecule has 0 aliphatic heterocycles. The molecule has 2 aromatic carbocycles. The van der Waals surface area contributed by atoms with Crippen molar-refractivity contribution in [2.24, 2.45) is 11.8 Å². The molecule has 3 rings (SSSR count). The van der Waals surface area contributed by atoms with Gasteiger partial charge in [-0.3, -0.25) is 4.79 Å². The van der Waals surface area contributed by atoms with E-state index in [1.54, 1.807) is 0 Å². The van der Waals surface area contributed by atoms with Crippen LogP contribution in [-0.4, -0.2) is 5.78 Å². The molecule has 0 heterocycles. The van der Waals surface area contributed by atoms with Crippen molar-refractivity contribution >= 4 is 5.78 Å². The Morgan fingerprint density at radius 1 is 1.00 bits per heavy atom. The summed E-state index contributed by atoms with van der Waals surface area (Å²) in [6, 6.07) is 19.7. The smallest absolute Gasteiger partial charge is 0.166 e. The second-order valence-corrected chi connectivity index (χ2v) is 5.89.